The summed E-state index contributed by atoms with van der Waals surface area (Å²) in [6.07, 6.45) is 54.1. The van der Waals surface area contributed by atoms with Gasteiger partial charge in [0, 0.05) is 12.8 Å². The Bertz CT molecular complexity index is 1280. The van der Waals surface area contributed by atoms with Crippen LogP contribution in [-0.4, -0.2) is 42.8 Å². The molecule has 2 atom stereocenters. The molecule has 0 aromatic carbocycles. The van der Waals surface area contributed by atoms with Crippen LogP contribution in [0.4, 0.5) is 0 Å². The Labute approximate surface area is 327 Å². The van der Waals surface area contributed by atoms with Gasteiger partial charge in [-0.2, -0.15) is 0 Å². The molecule has 0 aliphatic heterocycles. The zero-order valence-corrected chi connectivity index (χ0v) is 34.2. The fourth-order valence-corrected chi connectivity index (χ4v) is 5.22. The van der Waals surface area contributed by atoms with E-state index in [-0.39, 0.29) is 26.1 Å². The van der Waals surface area contributed by atoms with Crippen LogP contribution in [0.1, 0.15) is 124 Å². The van der Waals surface area contributed by atoms with Crippen LogP contribution in [0.5, 0.6) is 0 Å². The first-order chi connectivity index (χ1) is 26.3. The maximum atomic E-state index is 12.5. The van der Waals surface area contributed by atoms with Crippen molar-refractivity contribution in [2.45, 2.75) is 130 Å². The maximum Gasteiger partial charge on any atom is 0.472 e. The Kier molecular flexibility index (Phi) is 36.6. The van der Waals surface area contributed by atoms with Crippen LogP contribution in [0.2, 0.25) is 0 Å². The minimum absolute atomic E-state index is 0.0277. The van der Waals surface area contributed by atoms with Crippen molar-refractivity contribution >= 4 is 19.8 Å². The van der Waals surface area contributed by atoms with Crippen molar-refractivity contribution < 1.29 is 37.6 Å². The van der Waals surface area contributed by atoms with Gasteiger partial charge in [-0.15, -0.1) is 0 Å². The minimum atomic E-state index is -4.32. The number of allylic oxidation sites excluding steroid dienone is 20. The molecule has 0 saturated carbocycles. The van der Waals surface area contributed by atoms with Gasteiger partial charge in [0.25, 0.3) is 0 Å². The molecule has 0 aromatic heterocycles. The van der Waals surface area contributed by atoms with E-state index >= 15 is 0 Å². The molecular weight excluding hydrogens is 699 g/mol. The highest BCUT2D eigenvalue weighted by atomic mass is 31.2. The summed E-state index contributed by atoms with van der Waals surface area (Å²) in [6.45, 7) is 5.06. The molecule has 0 bridgehead atoms. The Hall–Kier alpha value is -3.55. The number of ether oxygens (including phenoxy) is 2. The molecule has 1 N–H and O–H groups in total. The normalized spacial score (nSPS) is 14.7. The lowest BCUT2D eigenvalue weighted by Crippen LogP contribution is -2.29. The summed E-state index contributed by atoms with van der Waals surface area (Å²) >= 11 is 0. The van der Waals surface area contributed by atoms with Crippen molar-refractivity contribution in [2.75, 3.05) is 19.8 Å². The molecule has 0 rings (SSSR count). The topological polar surface area (TPSA) is 108 Å². The molecule has 302 valence electrons. The first-order valence-corrected chi connectivity index (χ1v) is 21.3. The van der Waals surface area contributed by atoms with Gasteiger partial charge in [0.15, 0.2) is 6.10 Å². The predicted octanol–water partition coefficient (Wildman–Crippen LogP) is 12.4. The molecule has 0 aliphatic rings. The second-order valence-electron chi connectivity index (χ2n) is 12.2. The molecular formula is C45H69O8P. The van der Waals surface area contributed by atoms with Crippen LogP contribution in [0, 0.1) is 0 Å². The van der Waals surface area contributed by atoms with Gasteiger partial charge in [-0.05, 0) is 96.8 Å². The fourth-order valence-electron chi connectivity index (χ4n) is 4.47. The molecule has 0 aromatic rings. The first-order valence-electron chi connectivity index (χ1n) is 19.8. The zero-order chi connectivity index (χ0) is 39.6. The third kappa shape index (κ3) is 38.2. The summed E-state index contributed by atoms with van der Waals surface area (Å²) in [5.41, 5.74) is 0. The molecule has 0 saturated heterocycles. The number of esters is 2. The van der Waals surface area contributed by atoms with E-state index in [9.17, 15) is 19.0 Å². The zero-order valence-electron chi connectivity index (χ0n) is 33.3. The Morgan fingerprint density at radius 2 is 0.907 bits per heavy atom. The van der Waals surface area contributed by atoms with Gasteiger partial charge in [-0.1, -0.05) is 135 Å². The van der Waals surface area contributed by atoms with E-state index < -0.39 is 32.5 Å². The van der Waals surface area contributed by atoms with Gasteiger partial charge in [-0.3, -0.25) is 18.6 Å². The highest BCUT2D eigenvalue weighted by Gasteiger charge is 2.25. The summed E-state index contributed by atoms with van der Waals surface area (Å²) in [6, 6.07) is 0. The molecule has 2 unspecified atom stereocenters. The van der Waals surface area contributed by atoms with Crippen molar-refractivity contribution in [3.63, 3.8) is 0 Å². The van der Waals surface area contributed by atoms with Gasteiger partial charge < -0.3 is 14.4 Å². The van der Waals surface area contributed by atoms with E-state index in [1.54, 1.807) is 6.92 Å². The molecule has 0 aliphatic carbocycles. The van der Waals surface area contributed by atoms with E-state index in [2.05, 4.69) is 123 Å². The van der Waals surface area contributed by atoms with Gasteiger partial charge in [0.1, 0.15) is 6.61 Å². The lowest BCUT2D eigenvalue weighted by molar-refractivity contribution is -0.161. The standard InChI is InChI=1S/C45H69O8P/c1-4-7-9-11-13-15-17-19-21-22-23-24-26-28-30-32-34-36-38-40-45(47)53-43(42-52-54(48,49)51-6-3)41-50-44(46)39-37-35-33-31-29-27-25-20-18-16-14-12-10-8-5-2/h7-10,13-16,19-21,23-25,28-31,34,36,43H,4-6,11-12,17-18,22,26-27,32-33,35,37-42H2,1-3H3,(H,48,49)/b9-7-,10-8-,15-13-,16-14-,21-19-,24-23-,25-20-,30-28-,31-29-,36-34-. The van der Waals surface area contributed by atoms with Crippen LogP contribution >= 0.6 is 7.82 Å². The molecule has 54 heavy (non-hydrogen) atoms. The average molecular weight is 769 g/mol. The van der Waals surface area contributed by atoms with E-state index in [0.717, 1.165) is 77.0 Å². The first kappa shape index (κ1) is 50.5. The molecule has 0 heterocycles. The van der Waals surface area contributed by atoms with Gasteiger partial charge >= 0.3 is 19.8 Å². The smallest absolute Gasteiger partial charge is 0.462 e. The van der Waals surface area contributed by atoms with E-state index in [1.807, 2.05) is 12.2 Å². The molecule has 0 fully saturated rings. The lowest BCUT2D eigenvalue weighted by Gasteiger charge is -2.19. The number of rotatable bonds is 34. The van der Waals surface area contributed by atoms with Gasteiger partial charge in [0.05, 0.1) is 13.2 Å². The highest BCUT2D eigenvalue weighted by molar-refractivity contribution is 7.47. The van der Waals surface area contributed by atoms with Crippen molar-refractivity contribution in [3.05, 3.63) is 122 Å². The summed E-state index contributed by atoms with van der Waals surface area (Å²) in [5, 5.41) is 0. The number of carbonyl (C=O) groups is 2. The van der Waals surface area contributed by atoms with Gasteiger partial charge in [0.2, 0.25) is 0 Å². The lowest BCUT2D eigenvalue weighted by atomic mass is 10.2. The summed E-state index contributed by atoms with van der Waals surface area (Å²) < 4.78 is 32.4. The highest BCUT2D eigenvalue weighted by Crippen LogP contribution is 2.43. The van der Waals surface area contributed by atoms with Crippen LogP contribution in [0.15, 0.2) is 122 Å². The van der Waals surface area contributed by atoms with Crippen LogP contribution in [0.25, 0.3) is 0 Å². The maximum absolute atomic E-state index is 12.5. The minimum Gasteiger partial charge on any atom is -0.462 e. The van der Waals surface area contributed by atoms with Crippen molar-refractivity contribution in [1.82, 2.24) is 0 Å². The largest absolute Gasteiger partial charge is 0.472 e. The SMILES string of the molecule is CC/C=C\C/C=C\C/C=C\C/C=C\C/C=C\C/C=C\CCC(=O)OC(COC(=O)CCCC/C=C\C/C=C\C/C=C\C/C=C\CC)COP(=O)(O)OCC. The van der Waals surface area contributed by atoms with E-state index in [1.165, 1.54) is 0 Å². The monoisotopic (exact) mass is 768 g/mol. The summed E-state index contributed by atoms with van der Waals surface area (Å²) in [4.78, 5) is 34.6. The molecule has 0 spiro atoms. The molecule has 0 amide bonds. The Morgan fingerprint density at radius 1 is 0.500 bits per heavy atom. The van der Waals surface area contributed by atoms with Crippen molar-refractivity contribution in [3.8, 4) is 0 Å². The summed E-state index contributed by atoms with van der Waals surface area (Å²) in [5.74, 6) is -0.961. The van der Waals surface area contributed by atoms with Crippen LogP contribution < -0.4 is 0 Å². The quantitative estimate of drug-likeness (QED) is 0.0298. The fraction of sp³-hybridized carbons (Fsp3) is 0.511. The second kappa shape index (κ2) is 39.2. The van der Waals surface area contributed by atoms with E-state index in [4.69, 9.17) is 18.5 Å². The van der Waals surface area contributed by atoms with E-state index in [0.29, 0.717) is 12.8 Å². The molecule has 9 heteroatoms. The second-order valence-corrected chi connectivity index (χ2v) is 13.6. The summed E-state index contributed by atoms with van der Waals surface area (Å²) in [7, 11) is -4.32. The van der Waals surface area contributed by atoms with Crippen molar-refractivity contribution in [1.29, 1.82) is 0 Å². The van der Waals surface area contributed by atoms with Crippen LogP contribution in [-0.2, 0) is 32.7 Å². The Morgan fingerprint density at radius 3 is 1.33 bits per heavy atom. The third-order valence-corrected chi connectivity index (χ3v) is 8.34. The number of carbonyl (C=O) groups excluding carboxylic acids is 2. The Balaban J connectivity index is 4.37. The predicted molar refractivity (Wildman–Crippen MR) is 225 cm³/mol. The number of phosphoric ester groups is 1. The third-order valence-electron chi connectivity index (χ3n) is 7.28. The number of hydrogen-bond acceptors (Lipinski definition) is 7. The number of unbranched alkanes of at least 4 members (excludes halogenated alkanes) is 2. The van der Waals surface area contributed by atoms with Crippen molar-refractivity contribution in [2.24, 2.45) is 0 Å². The molecule has 8 nitrogen and oxygen atoms in total. The molecule has 0 radical (unpaired) electrons. The number of hydrogen-bond donors (Lipinski definition) is 1. The number of phosphoric acid groups is 1. The van der Waals surface area contributed by atoms with Crippen LogP contribution in [0.3, 0.4) is 0 Å². The average Bonchev–Trinajstić information content (AvgIpc) is 3.15. The van der Waals surface area contributed by atoms with Gasteiger partial charge in [-0.25, -0.2) is 4.57 Å².